The summed E-state index contributed by atoms with van der Waals surface area (Å²) in [6.45, 7) is 3.45. The molecule has 2 aromatic rings. The predicted molar refractivity (Wildman–Crippen MR) is 83.3 cm³/mol. The summed E-state index contributed by atoms with van der Waals surface area (Å²) in [5, 5.41) is 2.81. The number of anilines is 1. The highest BCUT2D eigenvalue weighted by Gasteiger charge is 2.10. The number of nitrogens with one attached hydrogen (secondary N) is 1. The van der Waals surface area contributed by atoms with Gasteiger partial charge in [-0.2, -0.15) is 0 Å². The number of carbonyl (C=O) groups excluding carboxylic acids is 2. The van der Waals surface area contributed by atoms with Crippen LogP contribution in [0.4, 0.5) is 5.69 Å². The summed E-state index contributed by atoms with van der Waals surface area (Å²) in [6, 6.07) is 12.4. The fourth-order valence-corrected chi connectivity index (χ4v) is 2.23. The molecule has 4 heteroatoms. The first-order chi connectivity index (χ1) is 9.47. The van der Waals surface area contributed by atoms with Crippen LogP contribution in [-0.2, 0) is 0 Å². The lowest BCUT2D eigenvalue weighted by atomic mass is 10.1. The largest absolute Gasteiger partial charge is 0.322 e. The van der Waals surface area contributed by atoms with Crippen molar-refractivity contribution in [2.75, 3.05) is 5.32 Å². The molecule has 0 aliphatic heterocycles. The zero-order chi connectivity index (χ0) is 14.7. The van der Waals surface area contributed by atoms with Crippen molar-refractivity contribution < 1.29 is 9.59 Å². The van der Waals surface area contributed by atoms with Gasteiger partial charge < -0.3 is 5.32 Å². The van der Waals surface area contributed by atoms with Gasteiger partial charge in [0.15, 0.2) is 5.78 Å². The van der Waals surface area contributed by atoms with Crippen LogP contribution < -0.4 is 5.32 Å². The molecule has 0 saturated carbocycles. The maximum absolute atomic E-state index is 12.2. The Balaban J connectivity index is 2.19. The molecule has 0 bridgehead atoms. The summed E-state index contributed by atoms with van der Waals surface area (Å²) in [5.41, 5.74) is 2.89. The summed E-state index contributed by atoms with van der Waals surface area (Å²) in [7, 11) is 0. The first-order valence-electron chi connectivity index (χ1n) is 6.16. The number of amides is 1. The van der Waals surface area contributed by atoms with Crippen molar-refractivity contribution in [2.45, 2.75) is 13.8 Å². The van der Waals surface area contributed by atoms with E-state index in [1.165, 1.54) is 6.92 Å². The van der Waals surface area contributed by atoms with Crippen LogP contribution in [0.2, 0.25) is 0 Å². The van der Waals surface area contributed by atoms with Crippen LogP contribution in [0.1, 0.15) is 33.2 Å². The van der Waals surface area contributed by atoms with Gasteiger partial charge in [-0.3, -0.25) is 9.59 Å². The molecule has 102 valence electrons. The van der Waals surface area contributed by atoms with E-state index in [1.54, 1.807) is 24.3 Å². The number of benzene rings is 2. The Labute approximate surface area is 126 Å². The van der Waals surface area contributed by atoms with Crippen LogP contribution in [-0.4, -0.2) is 11.7 Å². The predicted octanol–water partition coefficient (Wildman–Crippen LogP) is 4.21. The maximum Gasteiger partial charge on any atom is 0.256 e. The first kappa shape index (κ1) is 14.5. The molecule has 0 spiro atoms. The van der Waals surface area contributed by atoms with Gasteiger partial charge in [0.25, 0.3) is 5.91 Å². The molecule has 3 nitrogen and oxygen atoms in total. The molecule has 20 heavy (non-hydrogen) atoms. The average Bonchev–Trinajstić information content (AvgIpc) is 2.42. The van der Waals surface area contributed by atoms with Gasteiger partial charge in [0, 0.05) is 15.7 Å². The number of hydrogen-bond donors (Lipinski definition) is 1. The van der Waals surface area contributed by atoms with Crippen molar-refractivity contribution in [3.05, 3.63) is 63.6 Å². The van der Waals surface area contributed by atoms with Gasteiger partial charge >= 0.3 is 0 Å². The number of Topliss-reactive ketones (excluding diaryl/α,β-unsaturated/α-hetero) is 1. The van der Waals surface area contributed by atoms with Crippen molar-refractivity contribution in [3.63, 3.8) is 0 Å². The van der Waals surface area contributed by atoms with Crippen molar-refractivity contribution in [1.29, 1.82) is 0 Å². The standard InChI is InChI=1S/C16H14BrNO2/c1-10-3-8-15(17)14(9-10)16(20)18-13-6-4-12(5-7-13)11(2)19/h3-9H,1-2H3,(H,18,20). The molecular formula is C16H14BrNO2. The summed E-state index contributed by atoms with van der Waals surface area (Å²) in [5.74, 6) is -0.180. The van der Waals surface area contributed by atoms with Crippen molar-refractivity contribution >= 4 is 33.3 Å². The SMILES string of the molecule is CC(=O)c1ccc(NC(=O)c2cc(C)ccc2Br)cc1. The summed E-state index contributed by atoms with van der Waals surface area (Å²) >= 11 is 3.37. The number of aryl methyl sites for hydroxylation is 1. The molecule has 0 aromatic heterocycles. The smallest absolute Gasteiger partial charge is 0.256 e. The van der Waals surface area contributed by atoms with Gasteiger partial charge in [-0.25, -0.2) is 0 Å². The van der Waals surface area contributed by atoms with E-state index in [9.17, 15) is 9.59 Å². The molecule has 0 radical (unpaired) electrons. The molecule has 0 saturated heterocycles. The zero-order valence-corrected chi connectivity index (χ0v) is 12.8. The first-order valence-corrected chi connectivity index (χ1v) is 6.95. The molecule has 1 amide bonds. The summed E-state index contributed by atoms with van der Waals surface area (Å²) in [6.07, 6.45) is 0. The van der Waals surface area contributed by atoms with Crippen LogP contribution in [0.25, 0.3) is 0 Å². The highest BCUT2D eigenvalue weighted by Crippen LogP contribution is 2.20. The molecule has 0 unspecified atom stereocenters. The second kappa shape index (κ2) is 6.01. The van der Waals surface area contributed by atoms with Crippen LogP contribution in [0, 0.1) is 6.92 Å². The minimum Gasteiger partial charge on any atom is -0.322 e. The number of rotatable bonds is 3. The number of halogens is 1. The van der Waals surface area contributed by atoms with Crippen LogP contribution in [0.3, 0.4) is 0 Å². The highest BCUT2D eigenvalue weighted by molar-refractivity contribution is 9.10. The van der Waals surface area contributed by atoms with E-state index in [0.717, 1.165) is 10.0 Å². The fraction of sp³-hybridized carbons (Fsp3) is 0.125. The lowest BCUT2D eigenvalue weighted by Crippen LogP contribution is -2.12. The zero-order valence-electron chi connectivity index (χ0n) is 11.2. The lowest BCUT2D eigenvalue weighted by molar-refractivity contribution is 0.101. The van der Waals surface area contributed by atoms with Crippen LogP contribution in [0.5, 0.6) is 0 Å². The minimum absolute atomic E-state index is 0.00399. The van der Waals surface area contributed by atoms with E-state index in [-0.39, 0.29) is 11.7 Å². The Morgan fingerprint density at radius 1 is 1.05 bits per heavy atom. The Kier molecular flexibility index (Phi) is 4.35. The molecular weight excluding hydrogens is 318 g/mol. The molecule has 2 aromatic carbocycles. The van der Waals surface area contributed by atoms with Crippen molar-refractivity contribution in [1.82, 2.24) is 0 Å². The fourth-order valence-electron chi connectivity index (χ4n) is 1.80. The molecule has 1 N–H and O–H groups in total. The summed E-state index contributed by atoms with van der Waals surface area (Å²) in [4.78, 5) is 23.4. The minimum atomic E-state index is -0.184. The normalized spacial score (nSPS) is 10.2. The van der Waals surface area contributed by atoms with Gasteiger partial charge in [0.05, 0.1) is 5.56 Å². The van der Waals surface area contributed by atoms with Gasteiger partial charge in [0.1, 0.15) is 0 Å². The molecule has 0 aliphatic carbocycles. The molecule has 0 fully saturated rings. The molecule has 0 aliphatic rings. The van der Waals surface area contributed by atoms with E-state index in [2.05, 4.69) is 21.2 Å². The van der Waals surface area contributed by atoms with Crippen LogP contribution in [0.15, 0.2) is 46.9 Å². The number of hydrogen-bond acceptors (Lipinski definition) is 2. The Morgan fingerprint density at radius 2 is 1.70 bits per heavy atom. The van der Waals surface area contributed by atoms with E-state index in [0.29, 0.717) is 16.8 Å². The number of carbonyl (C=O) groups is 2. The molecule has 0 atom stereocenters. The third-order valence-electron chi connectivity index (χ3n) is 2.92. The monoisotopic (exact) mass is 331 g/mol. The van der Waals surface area contributed by atoms with Gasteiger partial charge in [-0.05, 0) is 66.2 Å². The second-order valence-electron chi connectivity index (χ2n) is 4.57. The Bertz CT molecular complexity index is 663. The average molecular weight is 332 g/mol. The van der Waals surface area contributed by atoms with Gasteiger partial charge in [-0.1, -0.05) is 11.6 Å². The van der Waals surface area contributed by atoms with E-state index in [4.69, 9.17) is 0 Å². The summed E-state index contributed by atoms with van der Waals surface area (Å²) < 4.78 is 0.751. The van der Waals surface area contributed by atoms with Crippen molar-refractivity contribution in [3.8, 4) is 0 Å². The quantitative estimate of drug-likeness (QED) is 0.856. The van der Waals surface area contributed by atoms with E-state index in [1.807, 2.05) is 25.1 Å². The topological polar surface area (TPSA) is 46.2 Å². The van der Waals surface area contributed by atoms with E-state index >= 15 is 0 Å². The Hall–Kier alpha value is -1.94. The van der Waals surface area contributed by atoms with E-state index < -0.39 is 0 Å². The second-order valence-corrected chi connectivity index (χ2v) is 5.43. The maximum atomic E-state index is 12.2. The van der Waals surface area contributed by atoms with Gasteiger partial charge in [-0.15, -0.1) is 0 Å². The van der Waals surface area contributed by atoms with Crippen LogP contribution >= 0.6 is 15.9 Å². The third kappa shape index (κ3) is 3.33. The molecule has 0 heterocycles. The Morgan fingerprint density at radius 3 is 2.30 bits per heavy atom. The molecule has 2 rings (SSSR count). The van der Waals surface area contributed by atoms with Gasteiger partial charge in [0.2, 0.25) is 0 Å². The van der Waals surface area contributed by atoms with Crippen molar-refractivity contribution in [2.24, 2.45) is 0 Å². The lowest BCUT2D eigenvalue weighted by Gasteiger charge is -2.08. The third-order valence-corrected chi connectivity index (χ3v) is 3.61. The highest BCUT2D eigenvalue weighted by atomic mass is 79.9. The number of ketones is 1.